The third-order valence-corrected chi connectivity index (χ3v) is 4.93. The van der Waals surface area contributed by atoms with Gasteiger partial charge in [0.1, 0.15) is 17.5 Å². The number of para-hydroxylation sites is 2. The SMILES string of the molecule is COc1ccccc1C(=O)N1CCC[C@H]1c1nc(-c2ccccc2OC)no1. The van der Waals surface area contributed by atoms with Crippen LogP contribution in [0.25, 0.3) is 11.4 Å². The summed E-state index contributed by atoms with van der Waals surface area (Å²) in [7, 11) is 3.16. The molecular formula is C21H21N3O4. The zero-order valence-corrected chi connectivity index (χ0v) is 15.8. The highest BCUT2D eigenvalue weighted by Gasteiger charge is 2.35. The molecule has 1 amide bonds. The van der Waals surface area contributed by atoms with Crippen molar-refractivity contribution in [2.24, 2.45) is 0 Å². The van der Waals surface area contributed by atoms with Gasteiger partial charge in [0.25, 0.3) is 5.91 Å². The lowest BCUT2D eigenvalue weighted by molar-refractivity contribution is 0.0706. The van der Waals surface area contributed by atoms with E-state index in [0.717, 1.165) is 18.4 Å². The first kappa shape index (κ1) is 18.0. The lowest BCUT2D eigenvalue weighted by atomic mass is 10.1. The molecule has 0 bridgehead atoms. The molecule has 1 fully saturated rings. The first-order chi connectivity index (χ1) is 13.7. The average molecular weight is 379 g/mol. The Kier molecular flexibility index (Phi) is 4.97. The second kappa shape index (κ2) is 7.72. The van der Waals surface area contributed by atoms with Crippen LogP contribution in [0.5, 0.6) is 11.5 Å². The van der Waals surface area contributed by atoms with Crippen LogP contribution in [0.1, 0.15) is 35.1 Å². The van der Waals surface area contributed by atoms with Gasteiger partial charge in [-0.25, -0.2) is 0 Å². The molecule has 4 rings (SSSR count). The van der Waals surface area contributed by atoms with Gasteiger partial charge in [0, 0.05) is 6.54 Å². The quantitative estimate of drug-likeness (QED) is 0.672. The van der Waals surface area contributed by atoms with Crippen LogP contribution in [0.3, 0.4) is 0 Å². The molecule has 2 heterocycles. The number of rotatable bonds is 5. The maximum atomic E-state index is 13.1. The highest BCUT2D eigenvalue weighted by atomic mass is 16.5. The fraction of sp³-hybridized carbons (Fsp3) is 0.286. The summed E-state index contributed by atoms with van der Waals surface area (Å²) in [5.41, 5.74) is 1.28. The van der Waals surface area contributed by atoms with Gasteiger partial charge in [0.2, 0.25) is 11.7 Å². The van der Waals surface area contributed by atoms with E-state index in [9.17, 15) is 4.79 Å². The highest BCUT2D eigenvalue weighted by molar-refractivity contribution is 5.97. The minimum absolute atomic E-state index is 0.100. The van der Waals surface area contributed by atoms with Gasteiger partial charge in [-0.2, -0.15) is 4.98 Å². The first-order valence-electron chi connectivity index (χ1n) is 9.14. The van der Waals surface area contributed by atoms with Gasteiger partial charge in [-0.15, -0.1) is 0 Å². The summed E-state index contributed by atoms with van der Waals surface area (Å²) in [5.74, 6) is 2.00. The van der Waals surface area contributed by atoms with E-state index in [1.54, 1.807) is 31.3 Å². The van der Waals surface area contributed by atoms with Crippen molar-refractivity contribution in [3.05, 3.63) is 60.0 Å². The van der Waals surface area contributed by atoms with Crippen molar-refractivity contribution in [2.45, 2.75) is 18.9 Å². The number of nitrogens with zero attached hydrogens (tertiary/aromatic N) is 3. The Bertz CT molecular complexity index is 985. The Morgan fingerprint density at radius 2 is 1.79 bits per heavy atom. The molecule has 28 heavy (non-hydrogen) atoms. The second-order valence-electron chi connectivity index (χ2n) is 6.51. The lowest BCUT2D eigenvalue weighted by Gasteiger charge is -2.22. The Labute approximate surface area is 162 Å². The number of amides is 1. The fourth-order valence-electron chi connectivity index (χ4n) is 3.55. The van der Waals surface area contributed by atoms with E-state index >= 15 is 0 Å². The van der Waals surface area contributed by atoms with Crippen LogP contribution in [-0.4, -0.2) is 41.7 Å². The van der Waals surface area contributed by atoms with E-state index in [1.807, 2.05) is 36.4 Å². The normalized spacial score (nSPS) is 16.2. The molecular weight excluding hydrogens is 358 g/mol. The van der Waals surface area contributed by atoms with Crippen molar-refractivity contribution in [1.29, 1.82) is 0 Å². The van der Waals surface area contributed by atoms with Crippen molar-refractivity contribution in [3.8, 4) is 22.9 Å². The zero-order valence-electron chi connectivity index (χ0n) is 15.8. The van der Waals surface area contributed by atoms with E-state index in [-0.39, 0.29) is 11.9 Å². The molecule has 144 valence electrons. The Balaban J connectivity index is 1.63. The molecule has 0 aliphatic carbocycles. The van der Waals surface area contributed by atoms with Crippen LogP contribution in [0.15, 0.2) is 53.1 Å². The summed E-state index contributed by atoms with van der Waals surface area (Å²) in [6, 6.07) is 14.5. The monoisotopic (exact) mass is 379 g/mol. The molecule has 0 unspecified atom stereocenters. The molecule has 2 aromatic carbocycles. The smallest absolute Gasteiger partial charge is 0.258 e. The lowest BCUT2D eigenvalue weighted by Crippen LogP contribution is -2.31. The predicted octanol–water partition coefficient (Wildman–Crippen LogP) is 3.73. The molecule has 0 radical (unpaired) electrons. The summed E-state index contributed by atoms with van der Waals surface area (Å²) in [6.45, 7) is 0.633. The average Bonchev–Trinajstić information content (AvgIpc) is 3.42. The third-order valence-electron chi connectivity index (χ3n) is 4.93. The topological polar surface area (TPSA) is 77.7 Å². The van der Waals surface area contributed by atoms with Crippen molar-refractivity contribution in [3.63, 3.8) is 0 Å². The molecule has 0 N–H and O–H groups in total. The summed E-state index contributed by atoms with van der Waals surface area (Å²) < 4.78 is 16.3. The number of likely N-dealkylation sites (tertiary alicyclic amines) is 1. The standard InChI is InChI=1S/C21H21N3O4/c1-26-17-11-5-3-8-14(17)19-22-20(28-23-19)16-10-7-13-24(16)21(25)15-9-4-6-12-18(15)27-2/h3-6,8-9,11-12,16H,7,10,13H2,1-2H3/t16-/m0/s1. The van der Waals surface area contributed by atoms with Gasteiger partial charge >= 0.3 is 0 Å². The number of methoxy groups -OCH3 is 2. The molecule has 7 heteroatoms. The molecule has 1 atom stereocenters. The Morgan fingerprint density at radius 3 is 2.57 bits per heavy atom. The second-order valence-corrected chi connectivity index (χ2v) is 6.51. The van der Waals surface area contributed by atoms with Gasteiger partial charge in [-0.05, 0) is 37.1 Å². The van der Waals surface area contributed by atoms with Crippen LogP contribution in [0, 0.1) is 0 Å². The molecule has 1 aliphatic heterocycles. The molecule has 1 saturated heterocycles. The predicted molar refractivity (Wildman–Crippen MR) is 102 cm³/mol. The number of carbonyl (C=O) groups excluding carboxylic acids is 1. The molecule has 0 spiro atoms. The number of ether oxygens (including phenoxy) is 2. The third kappa shape index (κ3) is 3.19. The largest absolute Gasteiger partial charge is 0.496 e. The van der Waals surface area contributed by atoms with Gasteiger partial charge in [0.05, 0.1) is 25.3 Å². The van der Waals surface area contributed by atoms with Crippen molar-refractivity contribution in [2.75, 3.05) is 20.8 Å². The first-order valence-corrected chi connectivity index (χ1v) is 9.14. The van der Waals surface area contributed by atoms with Crippen molar-refractivity contribution >= 4 is 5.91 Å². The summed E-state index contributed by atoms with van der Waals surface area (Å²) >= 11 is 0. The van der Waals surface area contributed by atoms with E-state index in [0.29, 0.717) is 35.3 Å². The van der Waals surface area contributed by atoms with Crippen molar-refractivity contribution in [1.82, 2.24) is 15.0 Å². The molecule has 3 aromatic rings. The van der Waals surface area contributed by atoms with E-state index < -0.39 is 0 Å². The van der Waals surface area contributed by atoms with Crippen LogP contribution in [0.4, 0.5) is 0 Å². The van der Waals surface area contributed by atoms with Crippen LogP contribution >= 0.6 is 0 Å². The Morgan fingerprint density at radius 1 is 1.07 bits per heavy atom. The van der Waals surface area contributed by atoms with Crippen LogP contribution in [-0.2, 0) is 0 Å². The van der Waals surface area contributed by atoms with Gasteiger partial charge in [-0.3, -0.25) is 4.79 Å². The van der Waals surface area contributed by atoms with E-state index in [1.165, 1.54) is 0 Å². The van der Waals surface area contributed by atoms with Crippen LogP contribution in [0.2, 0.25) is 0 Å². The minimum atomic E-state index is -0.256. The minimum Gasteiger partial charge on any atom is -0.496 e. The summed E-state index contributed by atoms with van der Waals surface area (Å²) in [4.78, 5) is 19.5. The number of aromatic nitrogens is 2. The number of benzene rings is 2. The number of carbonyl (C=O) groups is 1. The van der Waals surface area contributed by atoms with E-state index in [4.69, 9.17) is 14.0 Å². The fourth-order valence-corrected chi connectivity index (χ4v) is 3.55. The summed E-state index contributed by atoms with van der Waals surface area (Å²) in [5, 5.41) is 4.11. The molecule has 0 saturated carbocycles. The molecule has 7 nitrogen and oxygen atoms in total. The number of hydrogen-bond donors (Lipinski definition) is 0. The van der Waals surface area contributed by atoms with Crippen molar-refractivity contribution < 1.29 is 18.8 Å². The zero-order chi connectivity index (χ0) is 19.5. The van der Waals surface area contributed by atoms with Gasteiger partial charge < -0.3 is 18.9 Å². The highest BCUT2D eigenvalue weighted by Crippen LogP contribution is 2.35. The number of hydrogen-bond acceptors (Lipinski definition) is 6. The summed E-state index contributed by atoms with van der Waals surface area (Å²) in [6.07, 6.45) is 1.65. The molecule has 1 aromatic heterocycles. The maximum Gasteiger partial charge on any atom is 0.258 e. The van der Waals surface area contributed by atoms with Crippen LogP contribution < -0.4 is 9.47 Å². The van der Waals surface area contributed by atoms with Gasteiger partial charge in [-0.1, -0.05) is 29.4 Å². The van der Waals surface area contributed by atoms with Gasteiger partial charge in [0.15, 0.2) is 0 Å². The maximum absolute atomic E-state index is 13.1. The Hall–Kier alpha value is -3.35. The van der Waals surface area contributed by atoms with E-state index in [2.05, 4.69) is 10.1 Å². The molecule has 1 aliphatic rings.